The van der Waals surface area contributed by atoms with E-state index in [1.807, 2.05) is 100 Å². The minimum Gasteiger partial charge on any atom is -0.484 e. The Morgan fingerprint density at radius 2 is 1.23 bits per heavy atom. The lowest BCUT2D eigenvalue weighted by atomic mass is 9.95. The molecular formula is C44H60N4O8. The van der Waals surface area contributed by atoms with E-state index in [1.165, 1.54) is 0 Å². The molecule has 0 bridgehead atoms. The number of aryl methyl sites for hydroxylation is 2. The van der Waals surface area contributed by atoms with E-state index in [0.29, 0.717) is 12.2 Å². The second-order valence-corrected chi connectivity index (χ2v) is 15.2. The zero-order chi connectivity index (χ0) is 41.4. The van der Waals surface area contributed by atoms with E-state index in [-0.39, 0.29) is 37.4 Å². The normalized spacial score (nSPS) is 14.4. The van der Waals surface area contributed by atoms with E-state index in [4.69, 9.17) is 9.47 Å². The quantitative estimate of drug-likeness (QED) is 0.0969. The summed E-state index contributed by atoms with van der Waals surface area (Å²) in [4.78, 5) is 66.9. The number of carbonyl (C=O) groups excluding carboxylic acids is 5. The summed E-state index contributed by atoms with van der Waals surface area (Å²) in [5, 5.41) is 22.7. The Morgan fingerprint density at radius 1 is 0.661 bits per heavy atom. The fourth-order valence-electron chi connectivity index (χ4n) is 5.95. The second-order valence-electron chi connectivity index (χ2n) is 15.2. The molecule has 0 fully saturated rings. The van der Waals surface area contributed by atoms with Crippen LogP contribution in [0.25, 0.3) is 0 Å². The average Bonchev–Trinajstić information content (AvgIpc) is 3.17. The number of hydrogen-bond donors (Lipinski definition) is 5. The van der Waals surface area contributed by atoms with Crippen LogP contribution in [0.15, 0.2) is 78.9 Å². The van der Waals surface area contributed by atoms with Crippen LogP contribution in [0.5, 0.6) is 5.75 Å². The summed E-state index contributed by atoms with van der Waals surface area (Å²) in [5.74, 6) is -3.19. The van der Waals surface area contributed by atoms with Crippen molar-refractivity contribution in [3.05, 3.63) is 101 Å². The lowest BCUT2D eigenvalue weighted by Crippen LogP contribution is -2.57. The molecular weight excluding hydrogens is 713 g/mol. The van der Waals surface area contributed by atoms with Gasteiger partial charge in [-0.15, -0.1) is 0 Å². The molecule has 0 aliphatic rings. The molecule has 3 rings (SSSR count). The molecule has 0 aliphatic heterocycles. The fourth-order valence-corrected chi connectivity index (χ4v) is 5.95. The molecule has 4 amide bonds. The van der Waals surface area contributed by atoms with Crippen molar-refractivity contribution in [1.29, 1.82) is 0 Å². The number of aliphatic hydroxyl groups is 1. The molecule has 56 heavy (non-hydrogen) atoms. The van der Waals surface area contributed by atoms with Gasteiger partial charge in [-0.1, -0.05) is 115 Å². The lowest BCUT2D eigenvalue weighted by molar-refractivity contribution is -0.150. The third kappa shape index (κ3) is 14.4. The number of aliphatic hydroxyl groups excluding tert-OH is 1. The van der Waals surface area contributed by atoms with E-state index in [0.717, 1.165) is 22.3 Å². The number of benzene rings is 3. The summed E-state index contributed by atoms with van der Waals surface area (Å²) in [7, 11) is 0. The van der Waals surface area contributed by atoms with E-state index >= 15 is 0 Å². The molecule has 0 saturated heterocycles. The first kappa shape index (κ1) is 45.2. The van der Waals surface area contributed by atoms with Gasteiger partial charge in [0.1, 0.15) is 30.5 Å². The zero-order valence-corrected chi connectivity index (χ0v) is 34.0. The second kappa shape index (κ2) is 22.4. The molecule has 0 heterocycles. The van der Waals surface area contributed by atoms with Crippen LogP contribution in [0.4, 0.5) is 0 Å². The molecule has 304 valence electrons. The molecule has 3 aromatic carbocycles. The summed E-state index contributed by atoms with van der Waals surface area (Å²) in [6.45, 7) is 14.5. The number of rotatable bonds is 21. The lowest BCUT2D eigenvalue weighted by Gasteiger charge is -2.30. The standard InChI is InChI=1S/C44H60N4O8/c1-9-29(6)41(43(53)48-40(28(4)5)44(54)56-25-33-18-14-11-15-19-33)46-37(50)24-36(49)35(23-32-16-12-10-13-17-32)45-42(52)39(27(2)3)47-38(51)26-55-34-21-20-30(7)31(8)22-34/h10-22,27-29,35-36,39-41,49H,9,23-26H2,1-8H3,(H,45,52)(H,46,50)(H,47,51)(H,48,53)/t29-,35-,36-,39-,40-,41-/m0/s1. The summed E-state index contributed by atoms with van der Waals surface area (Å²) < 4.78 is 11.2. The largest absolute Gasteiger partial charge is 0.484 e. The molecule has 12 heteroatoms. The molecule has 6 atom stereocenters. The molecule has 12 nitrogen and oxygen atoms in total. The highest BCUT2D eigenvalue weighted by molar-refractivity contribution is 5.91. The zero-order valence-electron chi connectivity index (χ0n) is 34.0. The minimum absolute atomic E-state index is 0.0509. The summed E-state index contributed by atoms with van der Waals surface area (Å²) in [6.07, 6.45) is -1.08. The Labute approximate surface area is 331 Å². The number of amides is 4. The topological polar surface area (TPSA) is 172 Å². The van der Waals surface area contributed by atoms with Crippen molar-refractivity contribution in [2.75, 3.05) is 6.61 Å². The maximum absolute atomic E-state index is 13.7. The van der Waals surface area contributed by atoms with Crippen molar-refractivity contribution in [3.63, 3.8) is 0 Å². The van der Waals surface area contributed by atoms with Gasteiger partial charge in [0.2, 0.25) is 17.7 Å². The number of hydrogen-bond acceptors (Lipinski definition) is 8. The van der Waals surface area contributed by atoms with E-state index in [2.05, 4.69) is 21.3 Å². The van der Waals surface area contributed by atoms with Gasteiger partial charge in [-0.3, -0.25) is 19.2 Å². The molecule has 3 aromatic rings. The Morgan fingerprint density at radius 3 is 1.80 bits per heavy atom. The molecule has 0 spiro atoms. The highest BCUT2D eigenvalue weighted by Crippen LogP contribution is 2.17. The summed E-state index contributed by atoms with van der Waals surface area (Å²) in [6, 6.07) is 20.1. The number of esters is 1. The van der Waals surface area contributed by atoms with Gasteiger partial charge in [0.25, 0.3) is 5.91 Å². The molecule has 0 aliphatic carbocycles. The van der Waals surface area contributed by atoms with Gasteiger partial charge in [-0.25, -0.2) is 4.79 Å². The van der Waals surface area contributed by atoms with Gasteiger partial charge < -0.3 is 35.8 Å². The van der Waals surface area contributed by atoms with Crippen LogP contribution >= 0.6 is 0 Å². The van der Waals surface area contributed by atoms with Crippen molar-refractivity contribution in [3.8, 4) is 5.75 Å². The van der Waals surface area contributed by atoms with Gasteiger partial charge in [0, 0.05) is 0 Å². The van der Waals surface area contributed by atoms with Gasteiger partial charge >= 0.3 is 5.97 Å². The first-order valence-electron chi connectivity index (χ1n) is 19.4. The smallest absolute Gasteiger partial charge is 0.329 e. The molecule has 5 N–H and O–H groups in total. The Balaban J connectivity index is 1.70. The molecule has 0 unspecified atom stereocenters. The molecule has 0 saturated carbocycles. The maximum atomic E-state index is 13.7. The third-order valence-corrected chi connectivity index (χ3v) is 9.85. The van der Waals surface area contributed by atoms with Crippen molar-refractivity contribution in [2.24, 2.45) is 17.8 Å². The van der Waals surface area contributed by atoms with E-state index in [9.17, 15) is 29.1 Å². The van der Waals surface area contributed by atoms with Gasteiger partial charge in [-0.2, -0.15) is 0 Å². The Bertz CT molecular complexity index is 1730. The van der Waals surface area contributed by atoms with Crippen molar-refractivity contribution in [1.82, 2.24) is 21.3 Å². The number of ether oxygens (including phenoxy) is 2. The first-order valence-corrected chi connectivity index (χ1v) is 19.4. The van der Waals surface area contributed by atoms with E-state index in [1.54, 1.807) is 33.8 Å². The highest BCUT2D eigenvalue weighted by atomic mass is 16.5. The van der Waals surface area contributed by atoms with Crippen LogP contribution in [-0.4, -0.2) is 71.6 Å². The molecule has 0 aromatic heterocycles. The average molecular weight is 773 g/mol. The van der Waals surface area contributed by atoms with Gasteiger partial charge in [0.15, 0.2) is 6.61 Å². The molecule has 0 radical (unpaired) electrons. The Hall–Kier alpha value is -5.23. The number of nitrogens with one attached hydrogen (secondary N) is 4. The van der Waals surface area contributed by atoms with Gasteiger partial charge in [0.05, 0.1) is 18.6 Å². The van der Waals surface area contributed by atoms with Crippen molar-refractivity contribution < 1.29 is 38.6 Å². The van der Waals surface area contributed by atoms with Crippen molar-refractivity contribution >= 4 is 29.6 Å². The fraction of sp³-hybridized carbons (Fsp3) is 0.477. The predicted octanol–water partition coefficient (Wildman–Crippen LogP) is 4.72. The van der Waals surface area contributed by atoms with Gasteiger partial charge in [-0.05, 0) is 72.4 Å². The van der Waals surface area contributed by atoms with Crippen LogP contribution in [0.3, 0.4) is 0 Å². The van der Waals surface area contributed by atoms with Crippen LogP contribution in [0.1, 0.15) is 76.6 Å². The van der Waals surface area contributed by atoms with E-state index < -0.39 is 66.3 Å². The van der Waals surface area contributed by atoms with Crippen LogP contribution in [0, 0.1) is 31.6 Å². The monoisotopic (exact) mass is 772 g/mol. The first-order chi connectivity index (χ1) is 26.6. The van der Waals surface area contributed by atoms with Crippen LogP contribution in [-0.2, 0) is 41.7 Å². The minimum atomic E-state index is -1.37. The summed E-state index contributed by atoms with van der Waals surface area (Å²) in [5.41, 5.74) is 3.73. The predicted molar refractivity (Wildman–Crippen MR) is 215 cm³/mol. The SMILES string of the molecule is CC[C@H](C)[C@H](NC(=O)C[C@H](O)[C@H](Cc1ccccc1)NC(=O)[C@@H](NC(=O)COc1ccc(C)c(C)c1)C(C)C)C(=O)N[C@H](C(=O)OCc1ccccc1)C(C)C. The Kier molecular flexibility index (Phi) is 18.0. The highest BCUT2D eigenvalue weighted by Gasteiger charge is 2.34. The van der Waals surface area contributed by atoms with Crippen LogP contribution in [0.2, 0.25) is 0 Å². The van der Waals surface area contributed by atoms with Crippen LogP contribution < -0.4 is 26.0 Å². The third-order valence-electron chi connectivity index (χ3n) is 9.85. The van der Waals surface area contributed by atoms with Crippen molar-refractivity contribution in [2.45, 2.75) is 112 Å². The number of carbonyl (C=O) groups is 5. The maximum Gasteiger partial charge on any atom is 0.329 e. The summed E-state index contributed by atoms with van der Waals surface area (Å²) >= 11 is 0.